The van der Waals surface area contributed by atoms with Crippen molar-refractivity contribution in [3.63, 3.8) is 0 Å². The quantitative estimate of drug-likeness (QED) is 0.473. The number of halogens is 1. The molecule has 6 heteroatoms. The molecular formula is C19H17ClN2O3. The lowest BCUT2D eigenvalue weighted by molar-refractivity contribution is -0.385. The molecule has 0 amide bonds. The molecule has 0 spiro atoms. The third kappa shape index (κ3) is 2.46. The molecule has 0 saturated carbocycles. The van der Waals surface area contributed by atoms with Gasteiger partial charge >= 0.3 is 0 Å². The van der Waals surface area contributed by atoms with Gasteiger partial charge in [0.25, 0.3) is 5.69 Å². The highest BCUT2D eigenvalue weighted by Crippen LogP contribution is 2.55. The van der Waals surface area contributed by atoms with Gasteiger partial charge in [0.2, 0.25) is 0 Å². The van der Waals surface area contributed by atoms with E-state index in [-0.39, 0.29) is 28.5 Å². The van der Waals surface area contributed by atoms with Crippen LogP contribution in [0.4, 0.5) is 11.4 Å². The van der Waals surface area contributed by atoms with E-state index in [0.717, 1.165) is 12.0 Å². The predicted octanol–water partition coefficient (Wildman–Crippen LogP) is 5.08. The first-order valence-electron chi connectivity index (χ1n) is 8.14. The number of nitrogens with one attached hydrogen (secondary N) is 1. The Morgan fingerprint density at radius 1 is 1.28 bits per heavy atom. The number of nitrogens with zero attached hydrogens (tertiary/aromatic N) is 1. The number of benzene rings is 2. The van der Waals surface area contributed by atoms with Gasteiger partial charge in [0.05, 0.1) is 29.3 Å². The smallest absolute Gasteiger partial charge is 0.275 e. The maximum atomic E-state index is 11.6. The maximum Gasteiger partial charge on any atom is 0.275 e. The van der Waals surface area contributed by atoms with Crippen molar-refractivity contribution in [2.75, 3.05) is 12.4 Å². The van der Waals surface area contributed by atoms with Crippen molar-refractivity contribution in [3.05, 3.63) is 74.8 Å². The molecule has 0 fully saturated rings. The monoisotopic (exact) mass is 356 g/mol. The van der Waals surface area contributed by atoms with Crippen molar-refractivity contribution in [2.45, 2.75) is 18.4 Å². The van der Waals surface area contributed by atoms with E-state index in [1.54, 1.807) is 13.2 Å². The molecule has 1 N–H and O–H groups in total. The Hall–Kier alpha value is -2.53. The molecule has 128 valence electrons. The molecule has 0 aromatic heterocycles. The van der Waals surface area contributed by atoms with Gasteiger partial charge in [0, 0.05) is 17.0 Å². The minimum atomic E-state index is -0.320. The largest absolute Gasteiger partial charge is 0.495 e. The van der Waals surface area contributed by atoms with Crippen molar-refractivity contribution in [1.82, 2.24) is 0 Å². The molecule has 0 radical (unpaired) electrons. The number of hydrogen-bond acceptors (Lipinski definition) is 4. The van der Waals surface area contributed by atoms with Gasteiger partial charge in [-0.05, 0) is 30.0 Å². The van der Waals surface area contributed by atoms with E-state index < -0.39 is 0 Å². The van der Waals surface area contributed by atoms with Crippen LogP contribution < -0.4 is 10.1 Å². The zero-order valence-corrected chi connectivity index (χ0v) is 14.4. The molecule has 2 aromatic rings. The lowest BCUT2D eigenvalue weighted by Gasteiger charge is -2.38. The summed E-state index contributed by atoms with van der Waals surface area (Å²) in [4.78, 5) is 11.2. The molecule has 1 aliphatic heterocycles. The molecule has 0 saturated heterocycles. The van der Waals surface area contributed by atoms with Crippen molar-refractivity contribution in [3.8, 4) is 5.75 Å². The summed E-state index contributed by atoms with van der Waals surface area (Å²) in [7, 11) is 1.57. The minimum Gasteiger partial charge on any atom is -0.495 e. The number of nitro benzene ring substituents is 1. The van der Waals surface area contributed by atoms with Gasteiger partial charge in [-0.1, -0.05) is 42.0 Å². The minimum absolute atomic E-state index is 0.0305. The average molecular weight is 357 g/mol. The number of fused-ring (bicyclic) bond motifs is 3. The normalized spacial score (nSPS) is 23.5. The molecule has 2 aromatic carbocycles. The van der Waals surface area contributed by atoms with E-state index in [2.05, 4.69) is 17.5 Å². The van der Waals surface area contributed by atoms with Crippen LogP contribution in [0.1, 0.15) is 29.5 Å². The first-order valence-corrected chi connectivity index (χ1v) is 8.52. The topological polar surface area (TPSA) is 64.4 Å². The first-order chi connectivity index (χ1) is 12.1. The van der Waals surface area contributed by atoms with Crippen molar-refractivity contribution in [2.24, 2.45) is 5.92 Å². The number of hydrogen-bond donors (Lipinski definition) is 1. The summed E-state index contributed by atoms with van der Waals surface area (Å²) in [5, 5.41) is 15.7. The molecule has 1 aliphatic carbocycles. The third-order valence-electron chi connectivity index (χ3n) is 5.12. The Bertz CT molecular complexity index is 881. The number of methoxy groups -OCH3 is 1. The second-order valence-electron chi connectivity index (χ2n) is 6.33. The molecule has 0 unspecified atom stereocenters. The van der Waals surface area contributed by atoms with Crippen LogP contribution in [-0.2, 0) is 0 Å². The molecule has 3 atom stereocenters. The van der Waals surface area contributed by atoms with Crippen LogP contribution >= 0.6 is 11.6 Å². The molecule has 0 bridgehead atoms. The van der Waals surface area contributed by atoms with Crippen LogP contribution in [0.3, 0.4) is 0 Å². The molecule has 2 aliphatic rings. The molecule has 4 rings (SSSR count). The second kappa shape index (κ2) is 6.08. The zero-order chi connectivity index (χ0) is 17.6. The summed E-state index contributed by atoms with van der Waals surface area (Å²) in [6.45, 7) is 0. The fraction of sp³-hybridized carbons (Fsp3) is 0.263. The van der Waals surface area contributed by atoms with E-state index in [9.17, 15) is 10.1 Å². The summed E-state index contributed by atoms with van der Waals surface area (Å²) in [5.74, 6) is 0.752. The van der Waals surface area contributed by atoms with Gasteiger partial charge in [-0.3, -0.25) is 10.1 Å². The van der Waals surface area contributed by atoms with Crippen LogP contribution in [0, 0.1) is 16.0 Å². The third-order valence-corrected chi connectivity index (χ3v) is 5.46. The van der Waals surface area contributed by atoms with Gasteiger partial charge in [-0.25, -0.2) is 0 Å². The first kappa shape index (κ1) is 16.0. The highest BCUT2D eigenvalue weighted by atomic mass is 35.5. The lowest BCUT2D eigenvalue weighted by Crippen LogP contribution is -2.30. The Balaban J connectivity index is 1.91. The molecular weight excluding hydrogens is 340 g/mol. The van der Waals surface area contributed by atoms with E-state index in [1.807, 2.05) is 24.3 Å². The van der Waals surface area contributed by atoms with Crippen LogP contribution in [0.15, 0.2) is 48.6 Å². The number of nitro groups is 1. The van der Waals surface area contributed by atoms with E-state index in [4.69, 9.17) is 16.3 Å². The van der Waals surface area contributed by atoms with E-state index in [1.165, 1.54) is 6.07 Å². The maximum absolute atomic E-state index is 11.6. The average Bonchev–Trinajstić information content (AvgIpc) is 3.10. The van der Waals surface area contributed by atoms with Gasteiger partial charge in [0.15, 0.2) is 0 Å². The van der Waals surface area contributed by atoms with Crippen LogP contribution in [0.5, 0.6) is 5.75 Å². The zero-order valence-electron chi connectivity index (χ0n) is 13.6. The number of allylic oxidation sites excluding steroid dienone is 2. The Labute approximate surface area is 150 Å². The van der Waals surface area contributed by atoms with Gasteiger partial charge in [0.1, 0.15) is 5.75 Å². The SMILES string of the molecule is COc1ccc([N+](=O)[O-])c2c1N[C@H](c1ccccc1Cl)[C@H]1CC=C[C@H]21. The summed E-state index contributed by atoms with van der Waals surface area (Å²) in [6.07, 6.45) is 5.02. The summed E-state index contributed by atoms with van der Waals surface area (Å²) >= 11 is 6.43. The van der Waals surface area contributed by atoms with Crippen LogP contribution in [0.25, 0.3) is 0 Å². The van der Waals surface area contributed by atoms with Crippen LogP contribution in [-0.4, -0.2) is 12.0 Å². The van der Waals surface area contributed by atoms with Gasteiger partial charge in [-0.2, -0.15) is 0 Å². The number of rotatable bonds is 3. The Kier molecular flexibility index (Phi) is 3.88. The highest BCUT2D eigenvalue weighted by molar-refractivity contribution is 6.31. The summed E-state index contributed by atoms with van der Waals surface area (Å²) in [6, 6.07) is 10.9. The predicted molar refractivity (Wildman–Crippen MR) is 97.5 cm³/mol. The standard InChI is InChI=1S/C19H17ClN2O3/c1-25-16-10-9-15(22(23)24)17-11-6-4-7-12(11)18(21-19(16)17)13-5-2-3-8-14(13)20/h2-6,8-12,18,21H,7H2,1H3/t11-,12-,18-/m0/s1. The van der Waals surface area contributed by atoms with E-state index in [0.29, 0.717) is 22.0 Å². The van der Waals surface area contributed by atoms with Crippen LogP contribution in [0.2, 0.25) is 5.02 Å². The van der Waals surface area contributed by atoms with E-state index >= 15 is 0 Å². The summed E-state index contributed by atoms with van der Waals surface area (Å²) in [5.41, 5.74) is 2.52. The lowest BCUT2D eigenvalue weighted by atomic mass is 9.76. The molecule has 1 heterocycles. The highest BCUT2D eigenvalue weighted by Gasteiger charge is 2.43. The number of anilines is 1. The Morgan fingerprint density at radius 2 is 2.08 bits per heavy atom. The molecule has 25 heavy (non-hydrogen) atoms. The Morgan fingerprint density at radius 3 is 2.80 bits per heavy atom. The van der Waals surface area contributed by atoms with Gasteiger partial charge < -0.3 is 10.1 Å². The molecule has 5 nitrogen and oxygen atoms in total. The fourth-order valence-corrected chi connectivity index (χ4v) is 4.28. The van der Waals surface area contributed by atoms with Crippen molar-refractivity contribution < 1.29 is 9.66 Å². The van der Waals surface area contributed by atoms with Crippen molar-refractivity contribution in [1.29, 1.82) is 0 Å². The second-order valence-corrected chi connectivity index (χ2v) is 6.74. The summed E-state index contributed by atoms with van der Waals surface area (Å²) < 4.78 is 5.47. The fourth-order valence-electron chi connectivity index (χ4n) is 4.03. The van der Waals surface area contributed by atoms with Crippen molar-refractivity contribution >= 4 is 23.0 Å². The van der Waals surface area contributed by atoms with Gasteiger partial charge in [-0.15, -0.1) is 0 Å². The number of ether oxygens (including phenoxy) is 1.